The molecule has 0 aliphatic rings. The summed E-state index contributed by atoms with van der Waals surface area (Å²) in [7, 11) is 0. The SMILES string of the molecule is C[C@H](NC(=O)CSc1nc2ccccc2[nH]1)c1ccccc1. The van der Waals surface area contributed by atoms with Gasteiger partial charge in [-0.3, -0.25) is 4.79 Å². The number of hydrogen-bond donors (Lipinski definition) is 2. The van der Waals surface area contributed by atoms with E-state index in [1.165, 1.54) is 11.8 Å². The van der Waals surface area contributed by atoms with Gasteiger partial charge in [-0.25, -0.2) is 4.98 Å². The van der Waals surface area contributed by atoms with Gasteiger partial charge in [-0.2, -0.15) is 0 Å². The van der Waals surface area contributed by atoms with Crippen molar-refractivity contribution in [2.24, 2.45) is 0 Å². The van der Waals surface area contributed by atoms with Crippen molar-refractivity contribution >= 4 is 28.7 Å². The predicted molar refractivity (Wildman–Crippen MR) is 89.8 cm³/mol. The van der Waals surface area contributed by atoms with Crippen molar-refractivity contribution in [2.45, 2.75) is 18.1 Å². The molecular weight excluding hydrogens is 294 g/mol. The molecule has 2 N–H and O–H groups in total. The van der Waals surface area contributed by atoms with Crippen LogP contribution in [0, 0.1) is 0 Å². The Morgan fingerprint density at radius 1 is 1.18 bits per heavy atom. The monoisotopic (exact) mass is 311 g/mol. The molecule has 0 radical (unpaired) electrons. The average Bonchev–Trinajstić information content (AvgIpc) is 2.96. The Balaban J connectivity index is 1.56. The molecule has 2 aromatic carbocycles. The van der Waals surface area contributed by atoms with Gasteiger partial charge >= 0.3 is 0 Å². The Kier molecular flexibility index (Phi) is 4.44. The van der Waals surface area contributed by atoms with E-state index in [1.807, 2.05) is 61.5 Å². The molecule has 1 atom stereocenters. The Hall–Kier alpha value is -2.27. The van der Waals surface area contributed by atoms with Gasteiger partial charge in [-0.1, -0.05) is 54.2 Å². The molecule has 112 valence electrons. The number of fused-ring (bicyclic) bond motifs is 1. The number of nitrogens with zero attached hydrogens (tertiary/aromatic N) is 1. The highest BCUT2D eigenvalue weighted by atomic mass is 32.2. The smallest absolute Gasteiger partial charge is 0.230 e. The van der Waals surface area contributed by atoms with Gasteiger partial charge in [-0.05, 0) is 24.6 Å². The van der Waals surface area contributed by atoms with Crippen molar-refractivity contribution in [3.05, 3.63) is 60.2 Å². The minimum absolute atomic E-state index is 0.00168. The maximum absolute atomic E-state index is 12.0. The normalized spacial score (nSPS) is 12.2. The van der Waals surface area contributed by atoms with Crippen LogP contribution in [0.4, 0.5) is 0 Å². The zero-order valence-electron chi connectivity index (χ0n) is 12.2. The van der Waals surface area contributed by atoms with E-state index in [1.54, 1.807) is 0 Å². The first-order chi connectivity index (χ1) is 10.7. The molecule has 0 saturated carbocycles. The van der Waals surface area contributed by atoms with E-state index in [0.717, 1.165) is 21.8 Å². The van der Waals surface area contributed by atoms with Crippen molar-refractivity contribution in [1.82, 2.24) is 15.3 Å². The van der Waals surface area contributed by atoms with Crippen LogP contribution in [-0.2, 0) is 4.79 Å². The summed E-state index contributed by atoms with van der Waals surface area (Å²) in [5.41, 5.74) is 3.01. The molecule has 22 heavy (non-hydrogen) atoms. The molecule has 4 nitrogen and oxygen atoms in total. The fourth-order valence-electron chi connectivity index (χ4n) is 2.24. The molecule has 0 aliphatic heterocycles. The van der Waals surface area contributed by atoms with E-state index in [0.29, 0.717) is 5.75 Å². The van der Waals surface area contributed by atoms with Crippen LogP contribution in [0.3, 0.4) is 0 Å². The summed E-state index contributed by atoms with van der Waals surface area (Å²) >= 11 is 1.41. The second-order valence-electron chi connectivity index (χ2n) is 5.05. The number of aromatic nitrogens is 2. The van der Waals surface area contributed by atoms with Crippen molar-refractivity contribution < 1.29 is 4.79 Å². The number of H-pyrrole nitrogens is 1. The summed E-state index contributed by atoms with van der Waals surface area (Å²) < 4.78 is 0. The maximum atomic E-state index is 12.0. The van der Waals surface area contributed by atoms with Gasteiger partial charge in [0.25, 0.3) is 0 Å². The number of nitrogens with one attached hydrogen (secondary N) is 2. The highest BCUT2D eigenvalue weighted by Crippen LogP contribution is 2.19. The topological polar surface area (TPSA) is 57.8 Å². The first kappa shape index (κ1) is 14.7. The number of rotatable bonds is 5. The third-order valence-electron chi connectivity index (χ3n) is 3.38. The van der Waals surface area contributed by atoms with Crippen LogP contribution in [-0.4, -0.2) is 21.6 Å². The van der Waals surface area contributed by atoms with Gasteiger partial charge in [0.1, 0.15) is 0 Å². The third-order valence-corrected chi connectivity index (χ3v) is 4.26. The standard InChI is InChI=1S/C17H17N3OS/c1-12(13-7-3-2-4-8-13)18-16(21)11-22-17-19-14-9-5-6-10-15(14)20-17/h2-10,12H,11H2,1H3,(H,18,21)(H,19,20)/t12-/m0/s1. The molecule has 0 saturated heterocycles. The van der Waals surface area contributed by atoms with Crippen molar-refractivity contribution in [1.29, 1.82) is 0 Å². The molecular formula is C17H17N3OS. The summed E-state index contributed by atoms with van der Waals surface area (Å²) in [5.74, 6) is 0.346. The second kappa shape index (κ2) is 6.66. The van der Waals surface area contributed by atoms with Crippen LogP contribution in [0.15, 0.2) is 59.8 Å². The summed E-state index contributed by atoms with van der Waals surface area (Å²) in [6.45, 7) is 1.99. The number of carbonyl (C=O) groups is 1. The number of para-hydroxylation sites is 2. The lowest BCUT2D eigenvalue weighted by Crippen LogP contribution is -2.28. The van der Waals surface area contributed by atoms with Crippen LogP contribution >= 0.6 is 11.8 Å². The predicted octanol–water partition coefficient (Wildman–Crippen LogP) is 3.53. The average molecular weight is 311 g/mol. The minimum atomic E-state index is 0.00168. The summed E-state index contributed by atoms with van der Waals surface area (Å²) in [5, 5.41) is 3.77. The van der Waals surface area contributed by atoms with Gasteiger partial charge in [0.15, 0.2) is 5.16 Å². The fourth-order valence-corrected chi connectivity index (χ4v) is 2.94. The molecule has 3 aromatic rings. The molecule has 0 spiro atoms. The lowest BCUT2D eigenvalue weighted by atomic mass is 10.1. The van der Waals surface area contributed by atoms with E-state index in [2.05, 4.69) is 15.3 Å². The first-order valence-corrected chi connectivity index (χ1v) is 8.13. The summed E-state index contributed by atoms with van der Waals surface area (Å²) in [6, 6.07) is 17.8. The lowest BCUT2D eigenvalue weighted by Gasteiger charge is -2.13. The fraction of sp³-hybridized carbons (Fsp3) is 0.176. The zero-order chi connectivity index (χ0) is 15.4. The summed E-state index contributed by atoms with van der Waals surface area (Å²) in [4.78, 5) is 19.7. The Morgan fingerprint density at radius 2 is 1.91 bits per heavy atom. The van der Waals surface area contributed by atoms with Crippen LogP contribution in [0.1, 0.15) is 18.5 Å². The first-order valence-electron chi connectivity index (χ1n) is 7.14. The second-order valence-corrected chi connectivity index (χ2v) is 6.01. The van der Waals surface area contributed by atoms with Gasteiger partial charge < -0.3 is 10.3 Å². The Bertz CT molecular complexity index is 737. The summed E-state index contributed by atoms with van der Waals surface area (Å²) in [6.07, 6.45) is 0. The molecule has 0 aliphatic carbocycles. The Morgan fingerprint density at radius 3 is 2.68 bits per heavy atom. The van der Waals surface area contributed by atoms with E-state index in [9.17, 15) is 4.79 Å². The van der Waals surface area contributed by atoms with E-state index in [-0.39, 0.29) is 11.9 Å². The zero-order valence-corrected chi connectivity index (χ0v) is 13.1. The van der Waals surface area contributed by atoms with Crippen LogP contribution in [0.2, 0.25) is 0 Å². The van der Waals surface area contributed by atoms with Crippen molar-refractivity contribution in [2.75, 3.05) is 5.75 Å². The van der Waals surface area contributed by atoms with Gasteiger partial charge in [0, 0.05) is 0 Å². The lowest BCUT2D eigenvalue weighted by molar-refractivity contribution is -0.119. The molecule has 0 bridgehead atoms. The minimum Gasteiger partial charge on any atom is -0.349 e. The van der Waals surface area contributed by atoms with Crippen molar-refractivity contribution in [3.8, 4) is 0 Å². The molecule has 1 heterocycles. The third kappa shape index (κ3) is 3.49. The number of carbonyl (C=O) groups excluding carboxylic acids is 1. The molecule has 0 fully saturated rings. The van der Waals surface area contributed by atoms with Crippen LogP contribution in [0.5, 0.6) is 0 Å². The van der Waals surface area contributed by atoms with Crippen molar-refractivity contribution in [3.63, 3.8) is 0 Å². The molecule has 1 amide bonds. The largest absolute Gasteiger partial charge is 0.349 e. The van der Waals surface area contributed by atoms with Crippen LogP contribution < -0.4 is 5.32 Å². The molecule has 1 aromatic heterocycles. The van der Waals surface area contributed by atoms with Gasteiger partial charge in [-0.15, -0.1) is 0 Å². The van der Waals surface area contributed by atoms with E-state index in [4.69, 9.17) is 0 Å². The highest BCUT2D eigenvalue weighted by molar-refractivity contribution is 7.99. The van der Waals surface area contributed by atoms with Gasteiger partial charge in [0.2, 0.25) is 5.91 Å². The molecule has 3 rings (SSSR count). The number of benzene rings is 2. The number of aromatic amines is 1. The molecule has 0 unspecified atom stereocenters. The maximum Gasteiger partial charge on any atom is 0.230 e. The number of hydrogen-bond acceptors (Lipinski definition) is 3. The number of amides is 1. The number of imidazole rings is 1. The Labute approximate surface area is 133 Å². The molecule has 5 heteroatoms. The quantitative estimate of drug-likeness (QED) is 0.709. The number of thioether (sulfide) groups is 1. The van der Waals surface area contributed by atoms with Crippen LogP contribution in [0.25, 0.3) is 11.0 Å². The van der Waals surface area contributed by atoms with Gasteiger partial charge in [0.05, 0.1) is 22.8 Å². The van der Waals surface area contributed by atoms with E-state index >= 15 is 0 Å². The van der Waals surface area contributed by atoms with E-state index < -0.39 is 0 Å². The highest BCUT2D eigenvalue weighted by Gasteiger charge is 2.11.